The summed E-state index contributed by atoms with van der Waals surface area (Å²) in [6.45, 7) is 5.69. The molecule has 1 fully saturated rings. The number of halogens is 1. The van der Waals surface area contributed by atoms with E-state index in [4.69, 9.17) is 35.9 Å². The number of esters is 1. The molecule has 1 aliphatic heterocycles. The molecule has 2 heterocycles. The van der Waals surface area contributed by atoms with Gasteiger partial charge in [-0.25, -0.2) is 9.36 Å². The molecule has 1 aromatic heterocycles. The molecule has 2 aromatic rings. The highest BCUT2D eigenvalue weighted by atomic mass is 35.5. The van der Waals surface area contributed by atoms with Gasteiger partial charge in [0, 0.05) is 6.20 Å². The normalized spacial score (nSPS) is 26.4. The molecule has 1 aliphatic rings. The lowest BCUT2D eigenvalue weighted by atomic mass is 10.0. The first kappa shape index (κ1) is 28.1. The second kappa shape index (κ2) is 11.3. The minimum Gasteiger partial charge on any atom is -0.462 e. The molecule has 0 radical (unpaired) electrons. The maximum absolute atomic E-state index is 14.0. The summed E-state index contributed by atoms with van der Waals surface area (Å²) in [4.78, 5) is 27.0. The Kier molecular flexibility index (Phi) is 8.81. The van der Waals surface area contributed by atoms with Gasteiger partial charge in [0.25, 0.3) is 0 Å². The standard InChI is InChI=1S/C22H30ClN4O8P/c1-13(2)32-19(29)14(3)26-36(31,34-15-8-6-5-7-9-15)35-18-16(12-28)33-20(22(18,4)23)27-11-10-17(24)25-21(27)30/h5-11,13-14,16,18,20,28H,12H2,1-4H3,(H,26,31)(H2,24,25,30)/t14-,16+,18+,20+,22+,36?/m0/s1. The van der Waals surface area contributed by atoms with E-state index in [2.05, 4.69) is 10.1 Å². The van der Waals surface area contributed by atoms with Crippen LogP contribution in [-0.4, -0.2) is 56.5 Å². The zero-order valence-corrected chi connectivity index (χ0v) is 21.9. The number of carbonyl (C=O) groups excluding carboxylic acids is 1. The van der Waals surface area contributed by atoms with E-state index >= 15 is 0 Å². The van der Waals surface area contributed by atoms with Gasteiger partial charge in [-0.2, -0.15) is 10.1 Å². The van der Waals surface area contributed by atoms with Crippen molar-refractivity contribution in [2.24, 2.45) is 0 Å². The smallest absolute Gasteiger partial charge is 0.459 e. The lowest BCUT2D eigenvalue weighted by Crippen LogP contribution is -2.45. The highest BCUT2D eigenvalue weighted by Crippen LogP contribution is 2.53. The summed E-state index contributed by atoms with van der Waals surface area (Å²) in [6.07, 6.45) is -2.62. The number of anilines is 1. The van der Waals surface area contributed by atoms with Crippen molar-refractivity contribution < 1.29 is 33.0 Å². The zero-order chi connectivity index (χ0) is 26.7. The minimum absolute atomic E-state index is 0.00395. The van der Waals surface area contributed by atoms with Gasteiger partial charge in [-0.05, 0) is 45.9 Å². The highest BCUT2D eigenvalue weighted by molar-refractivity contribution is 7.52. The maximum Gasteiger partial charge on any atom is 0.459 e. The van der Waals surface area contributed by atoms with Crippen LogP contribution in [0.25, 0.3) is 0 Å². The number of nitrogens with two attached hydrogens (primary N) is 1. The number of nitrogens with zero attached hydrogens (tertiary/aromatic N) is 2. The summed E-state index contributed by atoms with van der Waals surface area (Å²) in [7, 11) is -4.36. The molecule has 6 atom stereocenters. The summed E-state index contributed by atoms with van der Waals surface area (Å²) in [5.41, 5.74) is 4.83. The van der Waals surface area contributed by atoms with E-state index in [1.54, 1.807) is 44.2 Å². The third-order valence-electron chi connectivity index (χ3n) is 5.24. The summed E-state index contributed by atoms with van der Waals surface area (Å²) in [6, 6.07) is 8.43. The Hall–Kier alpha value is -2.47. The van der Waals surface area contributed by atoms with Crippen LogP contribution in [0.15, 0.2) is 47.4 Å². The molecule has 1 saturated heterocycles. The highest BCUT2D eigenvalue weighted by Gasteiger charge is 2.57. The number of nitrogens with one attached hydrogen (secondary N) is 1. The van der Waals surface area contributed by atoms with Crippen molar-refractivity contribution in [3.05, 3.63) is 53.1 Å². The molecule has 3 rings (SSSR count). The molecule has 1 unspecified atom stereocenters. The average Bonchev–Trinajstić information content (AvgIpc) is 3.03. The largest absolute Gasteiger partial charge is 0.462 e. The number of nitrogen functional groups attached to an aromatic ring is 1. The number of ether oxygens (including phenoxy) is 2. The SMILES string of the molecule is CC(C)OC(=O)[C@H](C)NP(=O)(Oc1ccccc1)O[C@@H]1[C@@H](CO)O[C@@H](n2ccc(N)nc2=O)[C@]1(C)Cl. The van der Waals surface area contributed by atoms with Crippen molar-refractivity contribution in [1.29, 1.82) is 0 Å². The number of para-hydroxylation sites is 1. The van der Waals surface area contributed by atoms with Crippen molar-refractivity contribution in [3.8, 4) is 5.75 Å². The number of rotatable bonds is 10. The van der Waals surface area contributed by atoms with E-state index in [1.807, 2.05) is 0 Å². The van der Waals surface area contributed by atoms with Gasteiger partial charge < -0.3 is 24.8 Å². The number of hydrogen-bond donors (Lipinski definition) is 3. The number of benzene rings is 1. The second-order valence-corrected chi connectivity index (χ2v) is 11.1. The number of hydrogen-bond acceptors (Lipinski definition) is 10. The number of aliphatic hydroxyl groups is 1. The lowest BCUT2D eigenvalue weighted by molar-refractivity contribution is -0.149. The van der Waals surface area contributed by atoms with Crippen LogP contribution in [0.1, 0.15) is 33.9 Å². The molecule has 4 N–H and O–H groups in total. The first-order valence-electron chi connectivity index (χ1n) is 11.2. The van der Waals surface area contributed by atoms with Crippen LogP contribution in [0.4, 0.5) is 5.82 Å². The summed E-state index contributed by atoms with van der Waals surface area (Å²) < 4.78 is 37.7. The fourth-order valence-corrected chi connectivity index (χ4v) is 5.79. The van der Waals surface area contributed by atoms with E-state index in [0.29, 0.717) is 0 Å². The molecule has 0 aliphatic carbocycles. The molecule has 36 heavy (non-hydrogen) atoms. The van der Waals surface area contributed by atoms with Crippen LogP contribution in [-0.2, 0) is 23.4 Å². The third kappa shape index (κ3) is 6.44. The number of aliphatic hydroxyl groups excluding tert-OH is 1. The van der Waals surface area contributed by atoms with Crippen molar-refractivity contribution in [2.75, 3.05) is 12.3 Å². The Morgan fingerprint density at radius 3 is 2.58 bits per heavy atom. The van der Waals surface area contributed by atoms with Gasteiger partial charge in [0.05, 0.1) is 12.7 Å². The van der Waals surface area contributed by atoms with Gasteiger partial charge in [-0.1, -0.05) is 18.2 Å². The van der Waals surface area contributed by atoms with Gasteiger partial charge in [-0.15, -0.1) is 11.6 Å². The van der Waals surface area contributed by atoms with E-state index < -0.39 is 61.5 Å². The number of carbonyl (C=O) groups is 1. The minimum atomic E-state index is -4.36. The average molecular weight is 545 g/mol. The molecule has 0 spiro atoms. The van der Waals surface area contributed by atoms with E-state index in [9.17, 15) is 19.3 Å². The van der Waals surface area contributed by atoms with Crippen LogP contribution in [0.2, 0.25) is 0 Å². The van der Waals surface area contributed by atoms with Crippen LogP contribution in [0, 0.1) is 0 Å². The van der Waals surface area contributed by atoms with Crippen LogP contribution >= 0.6 is 19.3 Å². The topological polar surface area (TPSA) is 164 Å². The van der Waals surface area contributed by atoms with Gasteiger partial charge in [0.1, 0.15) is 34.7 Å². The van der Waals surface area contributed by atoms with Gasteiger partial charge in [0.15, 0.2) is 6.23 Å². The molecular formula is C22H30ClN4O8P. The number of aromatic nitrogens is 2. The Bertz CT molecular complexity index is 1160. The van der Waals surface area contributed by atoms with Crippen LogP contribution in [0.5, 0.6) is 5.75 Å². The lowest BCUT2D eigenvalue weighted by Gasteiger charge is -2.32. The van der Waals surface area contributed by atoms with Crippen molar-refractivity contribution in [1.82, 2.24) is 14.6 Å². The Morgan fingerprint density at radius 1 is 1.33 bits per heavy atom. The quantitative estimate of drug-likeness (QED) is 0.228. The predicted molar refractivity (Wildman–Crippen MR) is 132 cm³/mol. The van der Waals surface area contributed by atoms with E-state index in [0.717, 1.165) is 4.57 Å². The molecule has 1 aromatic carbocycles. The maximum atomic E-state index is 14.0. The third-order valence-corrected chi connectivity index (χ3v) is 7.30. The first-order chi connectivity index (χ1) is 16.9. The van der Waals surface area contributed by atoms with Crippen molar-refractivity contribution >= 4 is 31.1 Å². The summed E-state index contributed by atoms with van der Waals surface area (Å²) in [5, 5.41) is 12.6. The van der Waals surface area contributed by atoms with Crippen molar-refractivity contribution in [3.63, 3.8) is 0 Å². The Morgan fingerprint density at radius 2 is 2.00 bits per heavy atom. The van der Waals surface area contributed by atoms with Crippen LogP contribution < -0.4 is 21.0 Å². The molecule has 12 nitrogen and oxygen atoms in total. The van der Waals surface area contributed by atoms with E-state index in [-0.39, 0.29) is 11.6 Å². The van der Waals surface area contributed by atoms with Gasteiger partial charge >= 0.3 is 19.4 Å². The van der Waals surface area contributed by atoms with Crippen LogP contribution in [0.3, 0.4) is 0 Å². The molecular weight excluding hydrogens is 515 g/mol. The fourth-order valence-electron chi connectivity index (χ4n) is 3.60. The first-order valence-corrected chi connectivity index (χ1v) is 13.1. The Balaban J connectivity index is 1.95. The fraction of sp³-hybridized carbons (Fsp3) is 0.500. The molecule has 0 saturated carbocycles. The van der Waals surface area contributed by atoms with Gasteiger partial charge in [-0.3, -0.25) is 13.9 Å². The van der Waals surface area contributed by atoms with E-state index in [1.165, 1.54) is 26.1 Å². The second-order valence-electron chi connectivity index (χ2n) is 8.67. The molecule has 198 valence electrons. The predicted octanol–water partition coefficient (Wildman–Crippen LogP) is 2.21. The molecule has 0 amide bonds. The van der Waals surface area contributed by atoms with Gasteiger partial charge in [0.2, 0.25) is 0 Å². The number of alkyl halides is 1. The van der Waals surface area contributed by atoms with Crippen molar-refractivity contribution in [2.45, 2.75) is 63.2 Å². The zero-order valence-electron chi connectivity index (χ0n) is 20.2. The summed E-state index contributed by atoms with van der Waals surface area (Å²) >= 11 is 6.82. The Labute approximate surface area is 213 Å². The molecule has 0 bridgehead atoms. The molecule has 14 heteroatoms. The monoisotopic (exact) mass is 544 g/mol. The summed E-state index contributed by atoms with van der Waals surface area (Å²) in [5.74, 6) is -0.494.